The van der Waals surface area contributed by atoms with Crippen molar-refractivity contribution >= 4 is 11.8 Å². The van der Waals surface area contributed by atoms with Crippen LogP contribution in [-0.4, -0.2) is 39.0 Å². The lowest BCUT2D eigenvalue weighted by molar-refractivity contribution is -0.137. The number of Topliss-reactive ketones (excluding diaryl/α,β-unsaturated/α-hetero) is 1. The van der Waals surface area contributed by atoms with Gasteiger partial charge in [-0.05, 0) is 92.8 Å². The van der Waals surface area contributed by atoms with E-state index in [9.17, 15) is 22.8 Å². The van der Waals surface area contributed by atoms with Gasteiger partial charge in [0.2, 0.25) is 0 Å². The average Bonchev–Trinajstić information content (AvgIpc) is 3.49. The predicted molar refractivity (Wildman–Crippen MR) is 143 cm³/mol. The van der Waals surface area contributed by atoms with Crippen LogP contribution < -0.4 is 5.32 Å². The van der Waals surface area contributed by atoms with Gasteiger partial charge in [-0.25, -0.2) is 4.79 Å². The zero-order chi connectivity index (χ0) is 27.9. The summed E-state index contributed by atoms with van der Waals surface area (Å²) in [4.78, 5) is 28.2. The number of halogens is 3. The molecule has 2 N–H and O–H groups in total. The van der Waals surface area contributed by atoms with Gasteiger partial charge in [-0.1, -0.05) is 24.3 Å². The summed E-state index contributed by atoms with van der Waals surface area (Å²) in [5, 5.41) is 10.5. The first-order valence-corrected chi connectivity index (χ1v) is 13.4. The first-order valence-electron chi connectivity index (χ1n) is 13.4. The smallest absolute Gasteiger partial charge is 0.333 e. The number of urea groups is 1. The Balaban J connectivity index is 1.48. The largest absolute Gasteiger partial charge is 0.416 e. The van der Waals surface area contributed by atoms with Crippen LogP contribution in [0.1, 0.15) is 77.6 Å². The van der Waals surface area contributed by atoms with Crippen LogP contribution in [0, 0.1) is 0 Å². The van der Waals surface area contributed by atoms with E-state index >= 15 is 0 Å². The monoisotopic (exact) mass is 538 g/mol. The van der Waals surface area contributed by atoms with E-state index in [0.717, 1.165) is 48.3 Å². The summed E-state index contributed by atoms with van der Waals surface area (Å²) in [6, 6.07) is 8.48. The first kappa shape index (κ1) is 27.0. The van der Waals surface area contributed by atoms with Gasteiger partial charge >= 0.3 is 12.2 Å². The van der Waals surface area contributed by atoms with Crippen LogP contribution in [0.4, 0.5) is 18.0 Å². The fourth-order valence-corrected chi connectivity index (χ4v) is 5.61. The second-order valence-corrected chi connectivity index (χ2v) is 11.5. The van der Waals surface area contributed by atoms with E-state index in [-0.39, 0.29) is 24.8 Å². The highest BCUT2D eigenvalue weighted by Gasteiger charge is 2.32. The Morgan fingerprint density at radius 1 is 1.03 bits per heavy atom. The Bertz CT molecular complexity index is 1420. The molecule has 6 nitrogen and oxygen atoms in total. The van der Waals surface area contributed by atoms with E-state index in [4.69, 9.17) is 0 Å². The highest BCUT2D eigenvalue weighted by atomic mass is 19.4. The molecule has 9 heteroatoms. The molecule has 0 spiro atoms. The fraction of sp³-hybridized carbons (Fsp3) is 0.433. The molecule has 0 atom stereocenters. The van der Waals surface area contributed by atoms with Gasteiger partial charge in [-0.15, -0.1) is 0 Å². The zero-order valence-electron chi connectivity index (χ0n) is 22.5. The maximum atomic E-state index is 13.5. The number of benzene rings is 2. The molecule has 5 rings (SSSR count). The molecule has 2 aromatic carbocycles. The highest BCUT2D eigenvalue weighted by Crippen LogP contribution is 2.37. The summed E-state index contributed by atoms with van der Waals surface area (Å²) >= 11 is 0. The van der Waals surface area contributed by atoms with Crippen LogP contribution in [0.15, 0.2) is 36.4 Å². The van der Waals surface area contributed by atoms with Crippen molar-refractivity contribution in [2.75, 3.05) is 6.54 Å². The van der Waals surface area contributed by atoms with Crippen molar-refractivity contribution in [3.05, 3.63) is 75.6 Å². The molecule has 1 aliphatic heterocycles. The maximum Gasteiger partial charge on any atom is 0.416 e. The molecule has 3 aromatic rings. The molecule has 2 aliphatic rings. The van der Waals surface area contributed by atoms with Crippen LogP contribution in [0.2, 0.25) is 0 Å². The van der Waals surface area contributed by atoms with Crippen LogP contribution in [0.3, 0.4) is 0 Å². The van der Waals surface area contributed by atoms with E-state index in [0.29, 0.717) is 41.6 Å². The van der Waals surface area contributed by atoms with Gasteiger partial charge in [0.1, 0.15) is 0 Å². The number of carbonyl (C=O) groups is 2. The fourth-order valence-electron chi connectivity index (χ4n) is 5.61. The topological polar surface area (TPSA) is 78.1 Å². The number of nitrogens with zero attached hydrogens (tertiary/aromatic N) is 2. The molecule has 0 fully saturated rings. The standard InChI is InChI=1S/C30H33F3N4O2/c1-29(2,3)34-28(39)37-15-14-21-20(18-6-4-7-19(16-18)30(31,32)33)10-11-22(24(21)17-37)27(38)13-12-26-23-8-5-9-25(23)35-36-26/h4,6-7,10-11,16H,5,8-9,12-15,17H2,1-3H3,(H,34,39)(H,35,36). The number of aromatic amines is 1. The molecule has 206 valence electrons. The van der Waals surface area contributed by atoms with Crippen LogP contribution in [-0.2, 0) is 38.4 Å². The lowest BCUT2D eigenvalue weighted by atomic mass is 9.85. The molecule has 0 unspecified atom stereocenters. The number of nitrogens with one attached hydrogen (secondary N) is 2. The summed E-state index contributed by atoms with van der Waals surface area (Å²) in [5.74, 6) is -0.0605. The summed E-state index contributed by atoms with van der Waals surface area (Å²) in [5.41, 5.74) is 5.29. The summed E-state index contributed by atoms with van der Waals surface area (Å²) in [6.45, 7) is 6.31. The Labute approximate surface area is 226 Å². The number of aromatic nitrogens is 2. The number of carbonyl (C=O) groups excluding carboxylic acids is 2. The van der Waals surface area contributed by atoms with Gasteiger partial charge in [-0.2, -0.15) is 18.3 Å². The summed E-state index contributed by atoms with van der Waals surface area (Å²) in [6.07, 6.45) is -0.209. The number of rotatable bonds is 5. The van der Waals surface area contributed by atoms with Gasteiger partial charge in [0.15, 0.2) is 5.78 Å². The van der Waals surface area contributed by atoms with Crippen molar-refractivity contribution in [3.8, 4) is 11.1 Å². The van der Waals surface area contributed by atoms with Crippen molar-refractivity contribution < 1.29 is 22.8 Å². The van der Waals surface area contributed by atoms with Crippen LogP contribution in [0.25, 0.3) is 11.1 Å². The van der Waals surface area contributed by atoms with Crippen molar-refractivity contribution in [2.24, 2.45) is 0 Å². The molecule has 0 saturated carbocycles. The van der Waals surface area contributed by atoms with Gasteiger partial charge in [0, 0.05) is 36.3 Å². The molecule has 0 bridgehead atoms. The van der Waals surface area contributed by atoms with E-state index in [1.165, 1.54) is 11.6 Å². The van der Waals surface area contributed by atoms with Crippen LogP contribution in [0.5, 0.6) is 0 Å². The molecule has 1 aromatic heterocycles. The van der Waals surface area contributed by atoms with Crippen molar-refractivity contribution in [2.45, 2.75) is 77.6 Å². The maximum absolute atomic E-state index is 13.5. The van der Waals surface area contributed by atoms with Gasteiger partial charge in [0.25, 0.3) is 0 Å². The van der Waals surface area contributed by atoms with Gasteiger partial charge < -0.3 is 10.2 Å². The number of hydrogen-bond acceptors (Lipinski definition) is 3. The number of H-pyrrole nitrogens is 1. The third-order valence-corrected chi connectivity index (χ3v) is 7.46. The van der Waals surface area contributed by atoms with E-state index < -0.39 is 17.3 Å². The Hall–Kier alpha value is -3.62. The molecule has 1 aliphatic carbocycles. The van der Waals surface area contributed by atoms with Gasteiger partial charge in [-0.3, -0.25) is 9.89 Å². The minimum absolute atomic E-state index is 0.0605. The number of aryl methyl sites for hydroxylation is 2. The van der Waals surface area contributed by atoms with E-state index in [1.54, 1.807) is 23.1 Å². The number of hydrogen-bond donors (Lipinski definition) is 2. The first-order chi connectivity index (χ1) is 18.4. The molecular formula is C30H33F3N4O2. The minimum Gasteiger partial charge on any atom is -0.333 e. The number of fused-ring (bicyclic) bond motifs is 2. The van der Waals surface area contributed by atoms with Crippen molar-refractivity contribution in [3.63, 3.8) is 0 Å². The minimum atomic E-state index is -4.46. The third kappa shape index (κ3) is 5.72. The molecule has 0 saturated heterocycles. The Morgan fingerprint density at radius 3 is 2.56 bits per heavy atom. The zero-order valence-corrected chi connectivity index (χ0v) is 22.5. The van der Waals surface area contributed by atoms with Crippen LogP contribution >= 0.6 is 0 Å². The number of amides is 2. The molecule has 2 heterocycles. The molecule has 39 heavy (non-hydrogen) atoms. The lowest BCUT2D eigenvalue weighted by Crippen LogP contribution is -2.50. The lowest BCUT2D eigenvalue weighted by Gasteiger charge is -2.34. The summed E-state index contributed by atoms with van der Waals surface area (Å²) in [7, 11) is 0. The van der Waals surface area contributed by atoms with Gasteiger partial charge in [0.05, 0.1) is 11.3 Å². The summed E-state index contributed by atoms with van der Waals surface area (Å²) < 4.78 is 40.3. The van der Waals surface area contributed by atoms with E-state index in [2.05, 4.69) is 15.5 Å². The second-order valence-electron chi connectivity index (χ2n) is 11.5. The average molecular weight is 539 g/mol. The second kappa shape index (κ2) is 10.2. The quantitative estimate of drug-likeness (QED) is 0.376. The molecule has 2 amide bonds. The Kier molecular flexibility index (Phi) is 7.03. The molecular weight excluding hydrogens is 505 g/mol. The highest BCUT2D eigenvalue weighted by molar-refractivity contribution is 5.99. The third-order valence-electron chi connectivity index (χ3n) is 7.46. The van der Waals surface area contributed by atoms with E-state index in [1.807, 2.05) is 20.8 Å². The number of ketones is 1. The van der Waals surface area contributed by atoms with Crippen molar-refractivity contribution in [1.82, 2.24) is 20.4 Å². The Morgan fingerprint density at radius 2 is 1.82 bits per heavy atom. The SMILES string of the molecule is CC(C)(C)NC(=O)N1CCc2c(-c3cccc(C(F)(F)F)c3)ccc(C(=O)CCc3n[nH]c4c3CCC4)c2C1. The molecule has 0 radical (unpaired) electrons. The number of alkyl halides is 3. The van der Waals surface area contributed by atoms with Crippen molar-refractivity contribution in [1.29, 1.82) is 0 Å². The predicted octanol–water partition coefficient (Wildman–Crippen LogP) is 6.27. The normalized spacial score (nSPS) is 15.2.